The van der Waals surface area contributed by atoms with Gasteiger partial charge in [-0.1, -0.05) is 17.3 Å². The van der Waals surface area contributed by atoms with Crippen LogP contribution in [0.1, 0.15) is 23.2 Å². The van der Waals surface area contributed by atoms with Gasteiger partial charge in [-0.25, -0.2) is 0 Å². The first-order chi connectivity index (χ1) is 11.7. The average Bonchev–Trinajstić information content (AvgIpc) is 3.16. The summed E-state index contributed by atoms with van der Waals surface area (Å²) in [7, 11) is 1.71. The molecule has 2 heterocycles. The zero-order valence-corrected chi connectivity index (χ0v) is 15.0. The number of halogens is 1. The quantitative estimate of drug-likeness (QED) is 0.811. The van der Waals surface area contributed by atoms with E-state index in [0.29, 0.717) is 24.5 Å². The largest absolute Gasteiger partial charge is 0.384 e. The lowest BCUT2D eigenvalue weighted by Crippen LogP contribution is -2.47. The van der Waals surface area contributed by atoms with Crippen LogP contribution in [0.4, 0.5) is 0 Å². The highest BCUT2D eigenvalue weighted by molar-refractivity contribution is 5.94. The summed E-state index contributed by atoms with van der Waals surface area (Å²) in [6.45, 7) is 3.19. The van der Waals surface area contributed by atoms with Crippen LogP contribution in [0.2, 0.25) is 0 Å². The van der Waals surface area contributed by atoms with Crippen molar-refractivity contribution in [3.63, 3.8) is 0 Å². The number of carbonyl (C=O) groups is 1. The third-order valence-corrected chi connectivity index (χ3v) is 4.51. The van der Waals surface area contributed by atoms with Gasteiger partial charge in [-0.15, -0.1) is 12.4 Å². The first-order valence-electron chi connectivity index (χ1n) is 8.07. The summed E-state index contributed by atoms with van der Waals surface area (Å²) < 4.78 is 10.1. The second-order valence-electron chi connectivity index (χ2n) is 6.20. The molecule has 25 heavy (non-hydrogen) atoms. The van der Waals surface area contributed by atoms with E-state index >= 15 is 0 Å². The van der Waals surface area contributed by atoms with E-state index in [-0.39, 0.29) is 23.7 Å². The van der Waals surface area contributed by atoms with E-state index < -0.39 is 0 Å². The fraction of sp³-hybridized carbons (Fsp3) is 0.471. The first kappa shape index (κ1) is 19.4. The van der Waals surface area contributed by atoms with Gasteiger partial charge in [0.15, 0.2) is 0 Å². The number of ether oxygens (including phenoxy) is 1. The van der Waals surface area contributed by atoms with Gasteiger partial charge in [-0.2, -0.15) is 4.98 Å². The van der Waals surface area contributed by atoms with Crippen molar-refractivity contribution in [2.24, 2.45) is 5.41 Å². The lowest BCUT2D eigenvalue weighted by molar-refractivity contribution is 0.0512. The Bertz CT molecular complexity index is 650. The number of benzene rings is 1. The van der Waals surface area contributed by atoms with E-state index in [0.717, 1.165) is 31.5 Å². The maximum atomic E-state index is 12.4. The Labute approximate surface area is 152 Å². The monoisotopic (exact) mass is 366 g/mol. The molecule has 1 fully saturated rings. The number of nitrogens with zero attached hydrogens (tertiary/aromatic N) is 2. The second kappa shape index (κ2) is 8.94. The van der Waals surface area contributed by atoms with Crippen LogP contribution < -0.4 is 10.6 Å². The van der Waals surface area contributed by atoms with Gasteiger partial charge in [0, 0.05) is 30.2 Å². The van der Waals surface area contributed by atoms with Crippen molar-refractivity contribution in [1.82, 2.24) is 20.8 Å². The highest BCUT2D eigenvalue weighted by atomic mass is 35.5. The Kier molecular flexibility index (Phi) is 6.92. The number of piperidine rings is 1. The van der Waals surface area contributed by atoms with Crippen LogP contribution in [0.15, 0.2) is 35.2 Å². The van der Waals surface area contributed by atoms with Crippen LogP contribution in [0, 0.1) is 5.41 Å². The maximum absolute atomic E-state index is 12.4. The Morgan fingerprint density at radius 1 is 1.32 bits per heavy atom. The predicted octanol–water partition coefficient (Wildman–Crippen LogP) is 1.90. The van der Waals surface area contributed by atoms with E-state index in [1.165, 1.54) is 6.39 Å². The second-order valence-corrected chi connectivity index (χ2v) is 6.20. The van der Waals surface area contributed by atoms with Crippen molar-refractivity contribution in [2.75, 3.05) is 33.4 Å². The van der Waals surface area contributed by atoms with Crippen LogP contribution in [0.3, 0.4) is 0 Å². The summed E-state index contributed by atoms with van der Waals surface area (Å²) in [4.78, 5) is 16.4. The molecule has 8 heteroatoms. The van der Waals surface area contributed by atoms with Gasteiger partial charge >= 0.3 is 0 Å². The minimum absolute atomic E-state index is 0. The minimum Gasteiger partial charge on any atom is -0.384 e. The molecule has 0 saturated carbocycles. The van der Waals surface area contributed by atoms with Gasteiger partial charge in [-0.05, 0) is 38.1 Å². The van der Waals surface area contributed by atoms with Gasteiger partial charge in [-0.3, -0.25) is 4.79 Å². The normalized spacial score (nSPS) is 16.0. The molecule has 0 atom stereocenters. The molecule has 1 saturated heterocycles. The number of carbonyl (C=O) groups excluding carboxylic acids is 1. The molecule has 3 rings (SSSR count). The van der Waals surface area contributed by atoms with E-state index in [4.69, 9.17) is 9.26 Å². The highest BCUT2D eigenvalue weighted by Crippen LogP contribution is 2.28. The summed E-state index contributed by atoms with van der Waals surface area (Å²) in [5, 5.41) is 10.2. The Balaban J connectivity index is 0.00000225. The summed E-state index contributed by atoms with van der Waals surface area (Å²) in [6.07, 6.45) is 3.28. The maximum Gasteiger partial charge on any atom is 0.251 e. The molecule has 136 valence electrons. The molecule has 0 unspecified atom stereocenters. The van der Waals surface area contributed by atoms with Crippen molar-refractivity contribution in [2.45, 2.75) is 12.8 Å². The average molecular weight is 367 g/mol. The summed E-state index contributed by atoms with van der Waals surface area (Å²) in [5.41, 5.74) is 1.44. The summed E-state index contributed by atoms with van der Waals surface area (Å²) >= 11 is 0. The zero-order chi connectivity index (χ0) is 16.8. The standard InChI is InChI=1S/C17H22N4O3.ClH/c1-23-11-17(6-8-18-9-7-17)10-19-16(22)14-4-2-13(3-5-14)15-20-12-24-21-15;/h2-5,12,18H,6-11H2,1H3,(H,19,22);1H. The predicted molar refractivity (Wildman–Crippen MR) is 95.7 cm³/mol. The molecular formula is C17H23ClN4O3. The lowest BCUT2D eigenvalue weighted by Gasteiger charge is -2.37. The number of hydrogen-bond acceptors (Lipinski definition) is 6. The summed E-state index contributed by atoms with van der Waals surface area (Å²) in [6, 6.07) is 7.17. The Morgan fingerprint density at radius 3 is 2.64 bits per heavy atom. The van der Waals surface area contributed by atoms with Gasteiger partial charge < -0.3 is 19.9 Å². The number of nitrogens with one attached hydrogen (secondary N) is 2. The molecule has 0 spiro atoms. The fourth-order valence-corrected chi connectivity index (χ4v) is 3.07. The lowest BCUT2D eigenvalue weighted by atomic mass is 9.79. The number of hydrogen-bond donors (Lipinski definition) is 2. The van der Waals surface area contributed by atoms with Crippen LogP contribution in [0.5, 0.6) is 0 Å². The van der Waals surface area contributed by atoms with Crippen LogP contribution in [-0.4, -0.2) is 49.4 Å². The minimum atomic E-state index is -0.0799. The molecule has 2 N–H and O–H groups in total. The van der Waals surface area contributed by atoms with Crippen molar-refractivity contribution in [1.29, 1.82) is 0 Å². The highest BCUT2D eigenvalue weighted by Gasteiger charge is 2.32. The molecule has 1 amide bonds. The number of methoxy groups -OCH3 is 1. The van der Waals surface area contributed by atoms with Crippen molar-refractivity contribution in [3.05, 3.63) is 36.2 Å². The molecule has 1 aliphatic heterocycles. The fourth-order valence-electron chi connectivity index (χ4n) is 3.07. The summed E-state index contributed by atoms with van der Waals surface area (Å²) in [5.74, 6) is 0.430. The molecule has 0 aliphatic carbocycles. The molecule has 0 bridgehead atoms. The molecule has 2 aromatic rings. The zero-order valence-electron chi connectivity index (χ0n) is 14.2. The van der Waals surface area contributed by atoms with E-state index in [2.05, 4.69) is 20.8 Å². The van der Waals surface area contributed by atoms with Crippen LogP contribution in [-0.2, 0) is 4.74 Å². The van der Waals surface area contributed by atoms with E-state index in [1.807, 2.05) is 12.1 Å². The van der Waals surface area contributed by atoms with Gasteiger partial charge in [0.1, 0.15) is 0 Å². The van der Waals surface area contributed by atoms with Crippen LogP contribution in [0.25, 0.3) is 11.4 Å². The Morgan fingerprint density at radius 2 is 2.04 bits per heavy atom. The van der Waals surface area contributed by atoms with Gasteiger partial charge in [0.2, 0.25) is 12.2 Å². The molecule has 1 aromatic heterocycles. The van der Waals surface area contributed by atoms with E-state index in [1.54, 1.807) is 19.2 Å². The topological polar surface area (TPSA) is 89.3 Å². The van der Waals surface area contributed by atoms with E-state index in [9.17, 15) is 4.79 Å². The number of rotatable bonds is 6. The van der Waals surface area contributed by atoms with Crippen molar-refractivity contribution >= 4 is 18.3 Å². The smallest absolute Gasteiger partial charge is 0.251 e. The number of amides is 1. The third-order valence-electron chi connectivity index (χ3n) is 4.51. The SMILES string of the molecule is COCC1(CNC(=O)c2ccc(-c3ncon3)cc2)CCNCC1.Cl. The molecule has 7 nitrogen and oxygen atoms in total. The van der Waals surface area contributed by atoms with Crippen molar-refractivity contribution in [3.8, 4) is 11.4 Å². The first-order valence-corrected chi connectivity index (χ1v) is 8.07. The molecular weight excluding hydrogens is 344 g/mol. The van der Waals surface area contributed by atoms with Gasteiger partial charge in [0.25, 0.3) is 5.91 Å². The molecule has 0 radical (unpaired) electrons. The Hall–Kier alpha value is -1.96. The third kappa shape index (κ3) is 4.78. The van der Waals surface area contributed by atoms with Crippen molar-refractivity contribution < 1.29 is 14.1 Å². The molecule has 1 aliphatic rings. The number of aromatic nitrogens is 2. The van der Waals surface area contributed by atoms with Crippen LogP contribution >= 0.6 is 12.4 Å². The molecule has 1 aromatic carbocycles. The van der Waals surface area contributed by atoms with Gasteiger partial charge in [0.05, 0.1) is 6.61 Å².